The van der Waals surface area contributed by atoms with Crippen LogP contribution >= 0.6 is 0 Å². The van der Waals surface area contributed by atoms with Crippen molar-refractivity contribution in [3.05, 3.63) is 95.6 Å². The summed E-state index contributed by atoms with van der Waals surface area (Å²) in [7, 11) is -3.73. The zero-order valence-electron chi connectivity index (χ0n) is 21.4. The molecule has 0 saturated carbocycles. The van der Waals surface area contributed by atoms with Crippen LogP contribution in [-0.4, -0.2) is 57.4 Å². The number of aliphatic hydroxyl groups is 1. The van der Waals surface area contributed by atoms with Gasteiger partial charge >= 0.3 is 0 Å². The average Bonchev–Trinajstić information content (AvgIpc) is 2.95. The van der Waals surface area contributed by atoms with Crippen LogP contribution in [0.1, 0.15) is 36.0 Å². The van der Waals surface area contributed by atoms with E-state index in [4.69, 9.17) is 14.2 Å². The molecule has 202 valence electrons. The first-order valence-corrected chi connectivity index (χ1v) is 14.4. The van der Waals surface area contributed by atoms with Gasteiger partial charge in [-0.1, -0.05) is 61.5 Å². The summed E-state index contributed by atoms with van der Waals surface area (Å²) in [6.45, 7) is 5.98. The molecule has 5 rings (SSSR count). The summed E-state index contributed by atoms with van der Waals surface area (Å²) in [5.41, 5.74) is 3.02. The smallest absolute Gasteiger partial charge is 0.261 e. The maximum atomic E-state index is 12.9. The molecule has 2 N–H and O–H groups in total. The highest BCUT2D eigenvalue weighted by molar-refractivity contribution is 7.92. The van der Waals surface area contributed by atoms with Crippen LogP contribution in [0.2, 0.25) is 0 Å². The Morgan fingerprint density at radius 3 is 2.37 bits per heavy atom. The van der Waals surface area contributed by atoms with Crippen LogP contribution in [0.4, 0.5) is 5.69 Å². The number of rotatable bonds is 8. The molecular formula is C29H34N2O6S. The van der Waals surface area contributed by atoms with Gasteiger partial charge in [0.05, 0.1) is 36.9 Å². The molecule has 0 aliphatic carbocycles. The van der Waals surface area contributed by atoms with Crippen LogP contribution in [0.3, 0.4) is 0 Å². The van der Waals surface area contributed by atoms with E-state index in [2.05, 4.69) is 16.5 Å². The largest absolute Gasteiger partial charge is 0.392 e. The molecule has 9 heteroatoms. The van der Waals surface area contributed by atoms with E-state index in [9.17, 15) is 13.5 Å². The third-order valence-electron chi connectivity index (χ3n) is 7.13. The third kappa shape index (κ3) is 6.26. The first-order chi connectivity index (χ1) is 18.4. The molecule has 0 bridgehead atoms. The second-order valence-electron chi connectivity index (χ2n) is 9.78. The molecule has 4 atom stereocenters. The van der Waals surface area contributed by atoms with Gasteiger partial charge in [-0.3, -0.25) is 9.62 Å². The fourth-order valence-electron chi connectivity index (χ4n) is 4.93. The number of ether oxygens (including phenoxy) is 3. The number of nitrogens with one attached hydrogen (secondary N) is 1. The summed E-state index contributed by atoms with van der Waals surface area (Å²) >= 11 is 0. The Hall–Kier alpha value is -2.79. The second-order valence-corrected chi connectivity index (χ2v) is 11.5. The Balaban J connectivity index is 1.40. The van der Waals surface area contributed by atoms with E-state index in [0.29, 0.717) is 18.9 Å². The third-order valence-corrected chi connectivity index (χ3v) is 8.53. The molecule has 0 radical (unpaired) electrons. The van der Waals surface area contributed by atoms with Crippen LogP contribution in [0, 0.1) is 5.92 Å². The minimum Gasteiger partial charge on any atom is -0.392 e. The monoisotopic (exact) mass is 538 g/mol. The van der Waals surface area contributed by atoms with Crippen molar-refractivity contribution in [1.29, 1.82) is 0 Å². The summed E-state index contributed by atoms with van der Waals surface area (Å²) in [5.74, 6) is 0.0637. The Bertz CT molecular complexity index is 1300. The number of benzene rings is 3. The number of morpholine rings is 1. The van der Waals surface area contributed by atoms with Crippen LogP contribution in [0.5, 0.6) is 0 Å². The van der Waals surface area contributed by atoms with Crippen LogP contribution in [-0.2, 0) is 30.8 Å². The predicted molar refractivity (Wildman–Crippen MR) is 144 cm³/mol. The Labute approximate surface area is 224 Å². The highest BCUT2D eigenvalue weighted by atomic mass is 32.2. The van der Waals surface area contributed by atoms with Gasteiger partial charge in [-0.2, -0.15) is 0 Å². The molecule has 8 nitrogen and oxygen atoms in total. The Kier molecular flexibility index (Phi) is 8.42. The fourth-order valence-corrected chi connectivity index (χ4v) is 6.00. The highest BCUT2D eigenvalue weighted by Crippen LogP contribution is 2.42. The van der Waals surface area contributed by atoms with Crippen LogP contribution in [0.15, 0.2) is 83.8 Å². The van der Waals surface area contributed by atoms with Gasteiger partial charge in [0.15, 0.2) is 6.29 Å². The zero-order chi connectivity index (χ0) is 26.5. The van der Waals surface area contributed by atoms with Gasteiger partial charge < -0.3 is 19.3 Å². The molecular weight excluding hydrogens is 504 g/mol. The molecule has 0 amide bonds. The second kappa shape index (κ2) is 11.9. The molecule has 3 aromatic carbocycles. The van der Waals surface area contributed by atoms with E-state index in [-0.39, 0.29) is 29.6 Å². The van der Waals surface area contributed by atoms with Crippen LogP contribution in [0.25, 0.3) is 0 Å². The molecule has 2 aliphatic rings. The average molecular weight is 539 g/mol. The summed E-state index contributed by atoms with van der Waals surface area (Å²) in [4.78, 5) is 2.55. The molecule has 2 heterocycles. The molecule has 0 unspecified atom stereocenters. The number of sulfonamides is 1. The maximum absolute atomic E-state index is 12.9. The van der Waals surface area contributed by atoms with Gasteiger partial charge in [-0.05, 0) is 35.4 Å². The van der Waals surface area contributed by atoms with Gasteiger partial charge in [0.25, 0.3) is 10.0 Å². The van der Waals surface area contributed by atoms with Gasteiger partial charge in [-0.15, -0.1) is 0 Å². The normalized spacial score (nSPS) is 24.7. The minimum atomic E-state index is -3.73. The zero-order valence-corrected chi connectivity index (χ0v) is 22.2. The molecule has 3 aromatic rings. The number of hydrogen-bond acceptors (Lipinski definition) is 7. The van der Waals surface area contributed by atoms with Crippen molar-refractivity contribution in [2.24, 2.45) is 5.92 Å². The quantitative estimate of drug-likeness (QED) is 0.446. The standard InChI is InChI=1S/C29H34N2O6S/c1-21-27(19-31-14-16-35-17-15-31)36-29(37-28(21)23-12-10-22(20-32)11-13-23)24-6-5-7-25(18-24)30-38(33,34)26-8-3-2-4-9-26/h2-13,18,21,27-30,32H,14-17,19-20H2,1H3/t21-,27+,28+,29+/m1/s1. The molecule has 2 saturated heterocycles. The van der Waals surface area contributed by atoms with E-state index >= 15 is 0 Å². The van der Waals surface area contributed by atoms with E-state index in [1.165, 1.54) is 0 Å². The number of nitrogens with zero attached hydrogens (tertiary/aromatic N) is 1. The Morgan fingerprint density at radius 1 is 0.921 bits per heavy atom. The lowest BCUT2D eigenvalue weighted by molar-refractivity contribution is -0.277. The van der Waals surface area contributed by atoms with Crippen molar-refractivity contribution in [2.45, 2.75) is 36.9 Å². The molecule has 2 fully saturated rings. The van der Waals surface area contributed by atoms with Crippen molar-refractivity contribution in [2.75, 3.05) is 37.6 Å². The topological polar surface area (TPSA) is 97.3 Å². The molecule has 2 aliphatic heterocycles. The number of hydrogen-bond donors (Lipinski definition) is 2. The molecule has 0 spiro atoms. The van der Waals surface area contributed by atoms with Crippen molar-refractivity contribution < 1.29 is 27.7 Å². The lowest BCUT2D eigenvalue weighted by atomic mass is 9.90. The summed E-state index contributed by atoms with van der Waals surface area (Å²) in [6, 6.07) is 23.2. The Morgan fingerprint density at radius 2 is 1.66 bits per heavy atom. The van der Waals surface area contributed by atoms with Gasteiger partial charge in [0.2, 0.25) is 0 Å². The first-order valence-electron chi connectivity index (χ1n) is 12.9. The highest BCUT2D eigenvalue weighted by Gasteiger charge is 2.39. The lowest BCUT2D eigenvalue weighted by Gasteiger charge is -2.43. The van der Waals surface area contributed by atoms with E-state index in [0.717, 1.165) is 36.3 Å². The SMILES string of the molecule is C[C@@H]1[C@H](CN2CCOCC2)O[C@H](c2cccc(NS(=O)(=O)c3ccccc3)c2)O[C@@H]1c1ccc(CO)cc1. The molecule has 0 aromatic heterocycles. The van der Waals surface area contributed by atoms with Crippen molar-refractivity contribution in [3.63, 3.8) is 0 Å². The summed E-state index contributed by atoms with van der Waals surface area (Å²) < 4.78 is 47.0. The van der Waals surface area contributed by atoms with Gasteiger partial charge in [0, 0.05) is 36.8 Å². The van der Waals surface area contributed by atoms with Crippen molar-refractivity contribution in [3.8, 4) is 0 Å². The molecule has 38 heavy (non-hydrogen) atoms. The van der Waals surface area contributed by atoms with E-state index < -0.39 is 16.3 Å². The maximum Gasteiger partial charge on any atom is 0.261 e. The lowest BCUT2D eigenvalue weighted by Crippen LogP contribution is -2.47. The first kappa shape index (κ1) is 26.8. The number of aliphatic hydroxyl groups excluding tert-OH is 1. The fraction of sp³-hybridized carbons (Fsp3) is 0.379. The van der Waals surface area contributed by atoms with Crippen molar-refractivity contribution >= 4 is 15.7 Å². The summed E-state index contributed by atoms with van der Waals surface area (Å²) in [6.07, 6.45) is -1.03. The van der Waals surface area contributed by atoms with Crippen LogP contribution < -0.4 is 4.72 Å². The van der Waals surface area contributed by atoms with Gasteiger partial charge in [-0.25, -0.2) is 8.42 Å². The summed E-state index contributed by atoms with van der Waals surface area (Å²) in [5, 5.41) is 9.47. The minimum absolute atomic E-state index is 0.0154. The van der Waals surface area contributed by atoms with Gasteiger partial charge in [0.1, 0.15) is 0 Å². The predicted octanol–water partition coefficient (Wildman–Crippen LogP) is 4.10. The van der Waals surface area contributed by atoms with E-state index in [1.807, 2.05) is 30.3 Å². The van der Waals surface area contributed by atoms with E-state index in [1.54, 1.807) is 48.5 Å². The number of anilines is 1. The van der Waals surface area contributed by atoms with Crippen molar-refractivity contribution in [1.82, 2.24) is 4.90 Å².